The molecule has 0 N–H and O–H groups in total. The molecule has 150 valence electrons. The van der Waals surface area contributed by atoms with Crippen molar-refractivity contribution < 1.29 is 9.53 Å². The lowest BCUT2D eigenvalue weighted by molar-refractivity contribution is -0.134. The first-order valence-corrected chi connectivity index (χ1v) is 11.1. The van der Waals surface area contributed by atoms with Crippen molar-refractivity contribution >= 4 is 5.91 Å². The van der Waals surface area contributed by atoms with Gasteiger partial charge in [-0.1, -0.05) is 19.3 Å². The molecule has 1 unspecified atom stereocenters. The van der Waals surface area contributed by atoms with Crippen molar-refractivity contribution in [2.45, 2.75) is 83.1 Å². The molecule has 2 saturated heterocycles. The Morgan fingerprint density at radius 2 is 1.89 bits per heavy atom. The Kier molecular flexibility index (Phi) is 6.16. The number of aromatic nitrogens is 2. The molecular weight excluding hydrogens is 338 g/mol. The highest BCUT2D eigenvalue weighted by Gasteiger charge is 2.30. The minimum atomic E-state index is 0.384. The second-order valence-corrected chi connectivity index (χ2v) is 8.86. The summed E-state index contributed by atoms with van der Waals surface area (Å²) >= 11 is 0. The number of imidazole rings is 1. The zero-order valence-corrected chi connectivity index (χ0v) is 16.9. The molecule has 3 fully saturated rings. The van der Waals surface area contributed by atoms with E-state index in [1.165, 1.54) is 43.6 Å². The fourth-order valence-corrected chi connectivity index (χ4v) is 5.36. The number of carbonyl (C=O) groups excluding carboxylic acids is 1. The van der Waals surface area contributed by atoms with E-state index < -0.39 is 0 Å². The average molecular weight is 374 g/mol. The molecule has 4 rings (SSSR count). The molecule has 1 amide bonds. The quantitative estimate of drug-likeness (QED) is 0.794. The standard InChI is InChI=1S/C22H35N3O2/c1-17-15-23-22(19-9-12-27-13-10-19)25(17)20-8-5-11-24(16-20)21(26)14-18-6-3-2-4-7-18/h15,18-20H,2-14,16H2,1H3. The highest BCUT2D eigenvalue weighted by Crippen LogP contribution is 2.33. The SMILES string of the molecule is Cc1cnc(C2CCOCC2)n1C1CCCN(C(=O)CC2CCCCC2)C1. The van der Waals surface area contributed by atoms with Gasteiger partial charge in [0.15, 0.2) is 0 Å². The van der Waals surface area contributed by atoms with Gasteiger partial charge in [0, 0.05) is 50.5 Å². The molecule has 2 aliphatic heterocycles. The Morgan fingerprint density at radius 3 is 2.67 bits per heavy atom. The van der Waals surface area contributed by atoms with Crippen LogP contribution in [-0.2, 0) is 9.53 Å². The normalized spacial score (nSPS) is 25.7. The molecule has 1 atom stereocenters. The van der Waals surface area contributed by atoms with Crippen molar-refractivity contribution in [3.63, 3.8) is 0 Å². The van der Waals surface area contributed by atoms with E-state index in [9.17, 15) is 4.79 Å². The third-order valence-electron chi connectivity index (χ3n) is 6.90. The Bertz CT molecular complexity index is 630. The van der Waals surface area contributed by atoms with Gasteiger partial charge >= 0.3 is 0 Å². The summed E-state index contributed by atoms with van der Waals surface area (Å²) in [5, 5.41) is 0. The third-order valence-corrected chi connectivity index (χ3v) is 6.90. The lowest BCUT2D eigenvalue weighted by Gasteiger charge is -2.36. The Balaban J connectivity index is 1.43. The van der Waals surface area contributed by atoms with E-state index in [4.69, 9.17) is 9.72 Å². The molecule has 3 heterocycles. The molecule has 0 spiro atoms. The number of piperidine rings is 1. The van der Waals surface area contributed by atoms with Gasteiger partial charge in [0.25, 0.3) is 0 Å². The number of ether oxygens (including phenoxy) is 1. The van der Waals surface area contributed by atoms with Gasteiger partial charge in [-0.05, 0) is 51.4 Å². The van der Waals surface area contributed by atoms with Crippen LogP contribution < -0.4 is 0 Å². The highest BCUT2D eigenvalue weighted by molar-refractivity contribution is 5.76. The molecule has 1 aliphatic carbocycles. The van der Waals surface area contributed by atoms with Gasteiger partial charge in [0.2, 0.25) is 5.91 Å². The van der Waals surface area contributed by atoms with E-state index >= 15 is 0 Å². The van der Waals surface area contributed by atoms with Gasteiger partial charge in [0.05, 0.1) is 6.04 Å². The van der Waals surface area contributed by atoms with Crippen LogP contribution in [0.3, 0.4) is 0 Å². The Morgan fingerprint density at radius 1 is 1.11 bits per heavy atom. The first kappa shape index (κ1) is 19.0. The molecule has 1 aromatic rings. The maximum absolute atomic E-state index is 12.9. The molecule has 1 saturated carbocycles. The predicted octanol–water partition coefficient (Wildman–Crippen LogP) is 4.22. The largest absolute Gasteiger partial charge is 0.381 e. The van der Waals surface area contributed by atoms with Crippen LogP contribution in [0.15, 0.2) is 6.20 Å². The van der Waals surface area contributed by atoms with E-state index in [1.54, 1.807) is 0 Å². The van der Waals surface area contributed by atoms with Crippen LogP contribution in [0.5, 0.6) is 0 Å². The Hall–Kier alpha value is -1.36. The zero-order chi connectivity index (χ0) is 18.6. The minimum absolute atomic E-state index is 0.384. The van der Waals surface area contributed by atoms with Crippen molar-refractivity contribution in [2.24, 2.45) is 5.92 Å². The second-order valence-electron chi connectivity index (χ2n) is 8.86. The molecule has 0 radical (unpaired) electrons. The predicted molar refractivity (Wildman–Crippen MR) is 106 cm³/mol. The van der Waals surface area contributed by atoms with Crippen LogP contribution >= 0.6 is 0 Å². The monoisotopic (exact) mass is 373 g/mol. The summed E-state index contributed by atoms with van der Waals surface area (Å²) in [6, 6.07) is 0.384. The van der Waals surface area contributed by atoms with Crippen LogP contribution in [-0.4, -0.2) is 46.7 Å². The van der Waals surface area contributed by atoms with Crippen LogP contribution in [0.1, 0.15) is 87.7 Å². The highest BCUT2D eigenvalue weighted by atomic mass is 16.5. The van der Waals surface area contributed by atoms with Crippen LogP contribution in [0.25, 0.3) is 0 Å². The van der Waals surface area contributed by atoms with Crippen molar-refractivity contribution in [2.75, 3.05) is 26.3 Å². The van der Waals surface area contributed by atoms with E-state index in [2.05, 4.69) is 16.4 Å². The van der Waals surface area contributed by atoms with Crippen molar-refractivity contribution in [1.82, 2.24) is 14.5 Å². The summed E-state index contributed by atoms with van der Waals surface area (Å²) < 4.78 is 8.00. The molecule has 0 bridgehead atoms. The topological polar surface area (TPSA) is 47.4 Å². The number of carbonyl (C=O) groups is 1. The van der Waals surface area contributed by atoms with E-state index in [-0.39, 0.29) is 0 Å². The molecule has 0 aromatic carbocycles. The van der Waals surface area contributed by atoms with E-state index in [0.717, 1.165) is 58.4 Å². The number of aryl methyl sites for hydroxylation is 1. The summed E-state index contributed by atoms with van der Waals surface area (Å²) in [6.45, 7) is 5.64. The van der Waals surface area contributed by atoms with Gasteiger partial charge in [-0.3, -0.25) is 4.79 Å². The first-order valence-electron chi connectivity index (χ1n) is 11.1. The number of hydrogen-bond donors (Lipinski definition) is 0. The Labute approximate surface area is 163 Å². The molecule has 5 heteroatoms. The smallest absolute Gasteiger partial charge is 0.222 e. The lowest BCUT2D eigenvalue weighted by atomic mass is 9.86. The average Bonchev–Trinajstić information content (AvgIpc) is 3.11. The van der Waals surface area contributed by atoms with Crippen molar-refractivity contribution in [3.8, 4) is 0 Å². The third kappa shape index (κ3) is 4.39. The summed E-state index contributed by atoms with van der Waals surface area (Å²) in [4.78, 5) is 19.9. The van der Waals surface area contributed by atoms with Crippen LogP contribution in [0.2, 0.25) is 0 Å². The fraction of sp³-hybridized carbons (Fsp3) is 0.818. The van der Waals surface area contributed by atoms with Gasteiger partial charge in [0.1, 0.15) is 5.82 Å². The minimum Gasteiger partial charge on any atom is -0.381 e. The fourth-order valence-electron chi connectivity index (χ4n) is 5.36. The van der Waals surface area contributed by atoms with Gasteiger partial charge in [-0.15, -0.1) is 0 Å². The van der Waals surface area contributed by atoms with Gasteiger partial charge < -0.3 is 14.2 Å². The van der Waals surface area contributed by atoms with Crippen molar-refractivity contribution in [1.29, 1.82) is 0 Å². The van der Waals surface area contributed by atoms with Crippen LogP contribution in [0.4, 0.5) is 0 Å². The number of likely N-dealkylation sites (tertiary alicyclic amines) is 1. The molecule has 1 aromatic heterocycles. The van der Waals surface area contributed by atoms with Gasteiger partial charge in [-0.25, -0.2) is 4.98 Å². The number of rotatable bonds is 4. The zero-order valence-electron chi connectivity index (χ0n) is 16.9. The van der Waals surface area contributed by atoms with E-state index in [1.807, 2.05) is 6.20 Å². The summed E-state index contributed by atoms with van der Waals surface area (Å²) in [6.07, 6.45) is 13.6. The lowest BCUT2D eigenvalue weighted by Crippen LogP contribution is -2.42. The molecule has 27 heavy (non-hydrogen) atoms. The number of amides is 1. The number of nitrogens with zero attached hydrogens (tertiary/aromatic N) is 3. The molecule has 5 nitrogen and oxygen atoms in total. The molecular formula is C22H35N3O2. The summed E-state index contributed by atoms with van der Waals surface area (Å²) in [7, 11) is 0. The summed E-state index contributed by atoms with van der Waals surface area (Å²) in [5.41, 5.74) is 1.24. The maximum Gasteiger partial charge on any atom is 0.222 e. The van der Waals surface area contributed by atoms with Gasteiger partial charge in [-0.2, -0.15) is 0 Å². The number of hydrogen-bond acceptors (Lipinski definition) is 3. The van der Waals surface area contributed by atoms with E-state index in [0.29, 0.717) is 23.8 Å². The summed E-state index contributed by atoms with van der Waals surface area (Å²) in [5.74, 6) is 2.74. The first-order chi connectivity index (χ1) is 13.2. The van der Waals surface area contributed by atoms with Crippen molar-refractivity contribution in [3.05, 3.63) is 17.7 Å². The van der Waals surface area contributed by atoms with Crippen LogP contribution in [0, 0.1) is 12.8 Å². The molecule has 3 aliphatic rings. The maximum atomic E-state index is 12.9. The second kappa shape index (κ2) is 8.76.